The van der Waals surface area contributed by atoms with E-state index in [1.807, 2.05) is 6.92 Å². The fourth-order valence-electron chi connectivity index (χ4n) is 0.447. The van der Waals surface area contributed by atoms with Crippen molar-refractivity contribution in [2.75, 3.05) is 0 Å². The topological polar surface area (TPSA) is 56.4 Å². The molecule has 0 bridgehead atoms. The van der Waals surface area contributed by atoms with E-state index >= 15 is 0 Å². The molecule has 0 aliphatic carbocycles. The first-order chi connectivity index (χ1) is 4.31. The third kappa shape index (κ3) is 4.82. The summed E-state index contributed by atoms with van der Waals surface area (Å²) in [4.78, 5) is 0. The van der Waals surface area contributed by atoms with Crippen molar-refractivity contribution in [3.8, 4) is 6.07 Å². The highest BCUT2D eigenvalue weighted by atomic mass is 16.4. The molecule has 0 spiro atoms. The molecule has 50 valence electrons. The number of nitrogens with zero attached hydrogens (tertiary/aromatic N) is 2. The average molecular weight is 126 g/mol. The molecule has 0 aliphatic rings. The zero-order valence-electron chi connectivity index (χ0n) is 5.41. The molecule has 0 rings (SSSR count). The molecule has 0 radical (unpaired) electrons. The van der Waals surface area contributed by atoms with Gasteiger partial charge in [0.25, 0.3) is 0 Å². The molecule has 0 heterocycles. The van der Waals surface area contributed by atoms with Crippen LogP contribution >= 0.6 is 0 Å². The summed E-state index contributed by atoms with van der Waals surface area (Å²) in [7, 11) is 0. The summed E-state index contributed by atoms with van der Waals surface area (Å²) in [5.41, 5.74) is 0. The van der Waals surface area contributed by atoms with E-state index in [0.29, 0.717) is 6.42 Å². The Balaban J connectivity index is 3.19. The van der Waals surface area contributed by atoms with Crippen molar-refractivity contribution in [1.29, 1.82) is 5.26 Å². The van der Waals surface area contributed by atoms with Crippen molar-refractivity contribution in [2.24, 2.45) is 11.1 Å². The predicted molar refractivity (Wildman–Crippen MR) is 34.3 cm³/mol. The van der Waals surface area contributed by atoms with E-state index in [9.17, 15) is 0 Å². The van der Waals surface area contributed by atoms with E-state index in [0.717, 1.165) is 6.42 Å². The lowest BCUT2D eigenvalue weighted by atomic mass is 10.1. The van der Waals surface area contributed by atoms with Crippen LogP contribution in [0.4, 0.5) is 0 Å². The molecule has 0 saturated carbocycles. The van der Waals surface area contributed by atoms with Crippen molar-refractivity contribution >= 4 is 6.21 Å². The second-order valence-electron chi connectivity index (χ2n) is 1.91. The Labute approximate surface area is 54.6 Å². The number of hydrogen-bond acceptors (Lipinski definition) is 3. The Kier molecular flexibility index (Phi) is 4.51. The zero-order valence-corrected chi connectivity index (χ0v) is 5.41. The van der Waals surface area contributed by atoms with Gasteiger partial charge < -0.3 is 5.21 Å². The fourth-order valence-corrected chi connectivity index (χ4v) is 0.447. The van der Waals surface area contributed by atoms with Crippen LogP contribution in [0.15, 0.2) is 5.16 Å². The van der Waals surface area contributed by atoms with Crippen molar-refractivity contribution in [3.05, 3.63) is 0 Å². The van der Waals surface area contributed by atoms with Crippen LogP contribution in [0.25, 0.3) is 0 Å². The number of hydrogen-bond donors (Lipinski definition) is 1. The van der Waals surface area contributed by atoms with Crippen LogP contribution in [0, 0.1) is 17.2 Å². The van der Waals surface area contributed by atoms with Crippen molar-refractivity contribution in [3.63, 3.8) is 0 Å². The minimum atomic E-state index is 0.0583. The SMILES string of the molecule is CC(C#N)CCC=NO. The summed E-state index contributed by atoms with van der Waals surface area (Å²) in [6, 6.07) is 2.08. The Morgan fingerprint density at radius 1 is 1.89 bits per heavy atom. The first-order valence-electron chi connectivity index (χ1n) is 2.86. The van der Waals surface area contributed by atoms with Gasteiger partial charge in [-0.05, 0) is 19.8 Å². The lowest BCUT2D eigenvalue weighted by Gasteiger charge is -1.93. The first kappa shape index (κ1) is 7.96. The van der Waals surface area contributed by atoms with Gasteiger partial charge in [-0.3, -0.25) is 0 Å². The normalized spacial score (nSPS) is 13.3. The molecule has 0 aliphatic heterocycles. The van der Waals surface area contributed by atoms with Gasteiger partial charge in [-0.25, -0.2) is 0 Å². The monoisotopic (exact) mass is 126 g/mol. The van der Waals surface area contributed by atoms with Gasteiger partial charge in [0, 0.05) is 12.1 Å². The van der Waals surface area contributed by atoms with Gasteiger partial charge in [-0.2, -0.15) is 5.26 Å². The van der Waals surface area contributed by atoms with Gasteiger partial charge in [0.2, 0.25) is 0 Å². The Hall–Kier alpha value is -1.04. The van der Waals surface area contributed by atoms with Gasteiger partial charge >= 0.3 is 0 Å². The molecular formula is C6H10N2O. The van der Waals surface area contributed by atoms with E-state index in [-0.39, 0.29) is 5.92 Å². The van der Waals surface area contributed by atoms with E-state index in [4.69, 9.17) is 10.5 Å². The van der Waals surface area contributed by atoms with Crippen LogP contribution < -0.4 is 0 Å². The maximum atomic E-state index is 8.28. The molecule has 0 fully saturated rings. The van der Waals surface area contributed by atoms with Gasteiger partial charge in [-0.15, -0.1) is 5.16 Å². The molecule has 0 saturated heterocycles. The summed E-state index contributed by atoms with van der Waals surface area (Å²) in [6.07, 6.45) is 2.83. The lowest BCUT2D eigenvalue weighted by molar-refractivity contribution is 0.320. The van der Waals surface area contributed by atoms with Crippen molar-refractivity contribution in [1.82, 2.24) is 0 Å². The minimum Gasteiger partial charge on any atom is -0.411 e. The number of nitriles is 1. The average Bonchev–Trinajstić information content (AvgIpc) is 1.89. The van der Waals surface area contributed by atoms with Gasteiger partial charge in [0.05, 0.1) is 6.07 Å². The summed E-state index contributed by atoms with van der Waals surface area (Å²) in [5.74, 6) is 0.0583. The standard InChI is InChI=1S/C6H10N2O/c1-6(5-7)3-2-4-8-9/h4,6,9H,2-3H2,1H3. The van der Waals surface area contributed by atoms with Crippen LogP contribution in [0.2, 0.25) is 0 Å². The van der Waals surface area contributed by atoms with Crippen molar-refractivity contribution in [2.45, 2.75) is 19.8 Å². The summed E-state index contributed by atoms with van der Waals surface area (Å²) in [5, 5.41) is 19.0. The molecular weight excluding hydrogens is 116 g/mol. The van der Waals surface area contributed by atoms with Crippen molar-refractivity contribution < 1.29 is 5.21 Å². The maximum Gasteiger partial charge on any atom is 0.0652 e. The van der Waals surface area contributed by atoms with E-state index < -0.39 is 0 Å². The summed E-state index contributed by atoms with van der Waals surface area (Å²) < 4.78 is 0. The van der Waals surface area contributed by atoms with E-state index in [2.05, 4.69) is 11.2 Å². The first-order valence-corrected chi connectivity index (χ1v) is 2.86. The summed E-state index contributed by atoms with van der Waals surface area (Å²) in [6.45, 7) is 1.84. The van der Waals surface area contributed by atoms with Crippen LogP contribution in [-0.4, -0.2) is 11.4 Å². The molecule has 0 aromatic carbocycles. The highest BCUT2D eigenvalue weighted by molar-refractivity contribution is 5.55. The van der Waals surface area contributed by atoms with Gasteiger partial charge in [0.1, 0.15) is 0 Å². The molecule has 0 aromatic rings. The number of rotatable bonds is 3. The zero-order chi connectivity index (χ0) is 7.11. The minimum absolute atomic E-state index is 0.0583. The Morgan fingerprint density at radius 3 is 3.00 bits per heavy atom. The molecule has 0 aromatic heterocycles. The molecule has 1 N–H and O–H groups in total. The summed E-state index contributed by atoms with van der Waals surface area (Å²) >= 11 is 0. The molecule has 0 amide bonds. The van der Waals surface area contributed by atoms with E-state index in [1.165, 1.54) is 6.21 Å². The Bertz CT molecular complexity index is 126. The highest BCUT2D eigenvalue weighted by Gasteiger charge is 1.95. The second-order valence-corrected chi connectivity index (χ2v) is 1.91. The molecule has 3 heteroatoms. The van der Waals surface area contributed by atoms with Crippen LogP contribution in [0.1, 0.15) is 19.8 Å². The largest absolute Gasteiger partial charge is 0.411 e. The molecule has 3 nitrogen and oxygen atoms in total. The van der Waals surface area contributed by atoms with Gasteiger partial charge in [0.15, 0.2) is 0 Å². The fraction of sp³-hybridized carbons (Fsp3) is 0.667. The molecule has 9 heavy (non-hydrogen) atoms. The van der Waals surface area contributed by atoms with Crippen LogP contribution in [0.5, 0.6) is 0 Å². The third-order valence-corrected chi connectivity index (χ3v) is 1.03. The van der Waals surface area contributed by atoms with Crippen LogP contribution in [0.3, 0.4) is 0 Å². The maximum absolute atomic E-state index is 8.28. The quantitative estimate of drug-likeness (QED) is 0.353. The second kappa shape index (κ2) is 5.10. The van der Waals surface area contributed by atoms with Gasteiger partial charge in [-0.1, -0.05) is 0 Å². The van der Waals surface area contributed by atoms with E-state index in [1.54, 1.807) is 0 Å². The smallest absolute Gasteiger partial charge is 0.0652 e. The molecule has 1 unspecified atom stereocenters. The highest BCUT2D eigenvalue weighted by Crippen LogP contribution is 2.00. The lowest BCUT2D eigenvalue weighted by Crippen LogP contribution is -1.89. The molecule has 1 atom stereocenters. The number of oxime groups is 1. The Morgan fingerprint density at radius 2 is 2.56 bits per heavy atom. The predicted octanol–water partition coefficient (Wildman–Crippen LogP) is 1.39. The van der Waals surface area contributed by atoms with Crippen LogP contribution in [-0.2, 0) is 0 Å². The third-order valence-electron chi connectivity index (χ3n) is 1.03.